The highest BCUT2D eigenvalue weighted by atomic mass is 32.2. The third-order valence-corrected chi connectivity index (χ3v) is 4.73. The number of H-pyrrole nitrogens is 2. The fraction of sp³-hybridized carbons (Fsp3) is 0.533. The van der Waals surface area contributed by atoms with E-state index >= 15 is 0 Å². The summed E-state index contributed by atoms with van der Waals surface area (Å²) in [5.74, 6) is 0.145. The van der Waals surface area contributed by atoms with Crippen molar-refractivity contribution in [3.05, 3.63) is 32.2 Å². The number of nitrogens with one attached hydrogen (secondary N) is 2. The fourth-order valence-corrected chi connectivity index (χ4v) is 3.05. The van der Waals surface area contributed by atoms with Crippen LogP contribution in [-0.4, -0.2) is 36.3 Å². The quantitative estimate of drug-likeness (QED) is 0.527. The second-order valence-electron chi connectivity index (χ2n) is 7.05. The summed E-state index contributed by atoms with van der Waals surface area (Å²) in [6, 6.07) is -0.0362. The molecule has 0 amide bonds. The second kappa shape index (κ2) is 6.17. The van der Waals surface area contributed by atoms with E-state index in [1.165, 1.54) is 4.57 Å². The van der Waals surface area contributed by atoms with E-state index in [0.29, 0.717) is 11.0 Å². The number of aromatic nitrogens is 5. The van der Waals surface area contributed by atoms with Crippen molar-refractivity contribution in [1.29, 1.82) is 0 Å². The third-order valence-electron chi connectivity index (χ3n) is 3.88. The maximum atomic E-state index is 12.5. The Morgan fingerprint density at radius 2 is 2.04 bits per heavy atom. The van der Waals surface area contributed by atoms with Gasteiger partial charge in [0.15, 0.2) is 5.78 Å². The number of carbonyl (C=O) groups is 1. The van der Waals surface area contributed by atoms with Gasteiger partial charge in [-0.05, 0) is 12.8 Å². The van der Waals surface area contributed by atoms with Crippen LogP contribution in [0.15, 0.2) is 14.7 Å². The van der Waals surface area contributed by atoms with Crippen LogP contribution in [0.2, 0.25) is 0 Å². The Kier molecular flexibility index (Phi) is 4.31. The van der Waals surface area contributed by atoms with Gasteiger partial charge in [-0.2, -0.15) is 0 Å². The lowest BCUT2D eigenvalue weighted by molar-refractivity contribution is 0.102. The lowest BCUT2D eigenvalue weighted by Crippen LogP contribution is -2.36. The molecule has 2 aromatic rings. The molecule has 25 heavy (non-hydrogen) atoms. The summed E-state index contributed by atoms with van der Waals surface area (Å²) in [4.78, 5) is 42.9. The van der Waals surface area contributed by atoms with Crippen LogP contribution in [-0.2, 0) is 5.41 Å². The molecule has 0 atom stereocenters. The van der Waals surface area contributed by atoms with Crippen molar-refractivity contribution in [2.75, 3.05) is 11.5 Å². The van der Waals surface area contributed by atoms with Crippen LogP contribution in [0.25, 0.3) is 0 Å². The Hall–Kier alpha value is -2.36. The summed E-state index contributed by atoms with van der Waals surface area (Å²) in [6.07, 6.45) is 1.62. The largest absolute Gasteiger partial charge is 0.384 e. The fourth-order valence-electron chi connectivity index (χ4n) is 2.38. The number of ketones is 1. The number of carbonyl (C=O) groups excluding carboxylic acids is 1. The normalized spacial score (nSPS) is 14.7. The minimum absolute atomic E-state index is 0.0362. The van der Waals surface area contributed by atoms with Gasteiger partial charge in [-0.15, -0.1) is 5.10 Å². The van der Waals surface area contributed by atoms with Gasteiger partial charge in [-0.3, -0.25) is 24.2 Å². The first-order chi connectivity index (χ1) is 11.7. The van der Waals surface area contributed by atoms with Crippen LogP contribution in [0.1, 0.15) is 55.8 Å². The average Bonchev–Trinajstić information content (AvgIpc) is 3.19. The Balaban J connectivity index is 1.80. The molecule has 2 heterocycles. The van der Waals surface area contributed by atoms with Gasteiger partial charge in [0.1, 0.15) is 17.2 Å². The number of nitrogens with two attached hydrogens (primary N) is 1. The highest BCUT2D eigenvalue weighted by Gasteiger charge is 2.30. The molecule has 0 aliphatic heterocycles. The van der Waals surface area contributed by atoms with E-state index in [1.54, 1.807) is 0 Å². The maximum Gasteiger partial charge on any atom is 0.330 e. The van der Waals surface area contributed by atoms with Crippen LogP contribution in [0, 0.1) is 0 Å². The van der Waals surface area contributed by atoms with Gasteiger partial charge in [-0.1, -0.05) is 32.5 Å². The van der Waals surface area contributed by atoms with Gasteiger partial charge in [0.05, 0.1) is 5.75 Å². The Morgan fingerprint density at radius 3 is 2.60 bits per heavy atom. The topological polar surface area (TPSA) is 140 Å². The lowest BCUT2D eigenvalue weighted by atomic mass is 9.96. The van der Waals surface area contributed by atoms with Crippen LogP contribution < -0.4 is 17.0 Å². The van der Waals surface area contributed by atoms with E-state index in [-0.39, 0.29) is 28.6 Å². The van der Waals surface area contributed by atoms with E-state index in [1.807, 2.05) is 20.8 Å². The molecule has 1 fully saturated rings. The van der Waals surface area contributed by atoms with Crippen molar-refractivity contribution < 1.29 is 4.79 Å². The minimum Gasteiger partial charge on any atom is -0.384 e. The summed E-state index contributed by atoms with van der Waals surface area (Å²) in [5.41, 5.74) is 4.25. The van der Waals surface area contributed by atoms with Gasteiger partial charge in [0.2, 0.25) is 5.16 Å². The number of aromatic amines is 2. The molecule has 0 spiro atoms. The van der Waals surface area contributed by atoms with Crippen molar-refractivity contribution >= 4 is 23.4 Å². The molecule has 0 bridgehead atoms. The van der Waals surface area contributed by atoms with Gasteiger partial charge in [0.25, 0.3) is 5.56 Å². The average molecular weight is 364 g/mol. The summed E-state index contributed by atoms with van der Waals surface area (Å²) in [5, 5.41) is 7.33. The predicted octanol–water partition coefficient (Wildman–Crippen LogP) is 0.844. The standard InChI is InChI=1S/C15H20N6O3S/c1-15(2,3)12-18-13(20-19-12)25-6-8(22)9-10(16)21(7-4-5-7)14(24)17-11(9)23/h7H,4-6,16H2,1-3H3,(H,17,23,24)(H,18,19,20). The van der Waals surface area contributed by atoms with Gasteiger partial charge >= 0.3 is 5.69 Å². The molecule has 0 aromatic carbocycles. The number of Topliss-reactive ketones (excluding diaryl/α,β-unsaturated/α-hetero) is 1. The molecule has 3 rings (SSSR count). The van der Waals surface area contributed by atoms with E-state index < -0.39 is 17.0 Å². The summed E-state index contributed by atoms with van der Waals surface area (Å²) >= 11 is 1.11. The molecule has 9 nitrogen and oxygen atoms in total. The molecule has 0 saturated heterocycles. The smallest absolute Gasteiger partial charge is 0.330 e. The van der Waals surface area contributed by atoms with Crippen LogP contribution in [0.5, 0.6) is 0 Å². The summed E-state index contributed by atoms with van der Waals surface area (Å²) in [7, 11) is 0. The third kappa shape index (κ3) is 3.53. The zero-order valence-corrected chi connectivity index (χ0v) is 15.1. The molecule has 134 valence electrons. The van der Waals surface area contributed by atoms with E-state index in [0.717, 1.165) is 24.6 Å². The number of nitrogen functional groups attached to an aromatic ring is 1. The SMILES string of the molecule is CC(C)(C)c1nc(SCC(=O)c2c(N)n(C3CC3)c(=O)[nH]c2=O)n[nH]1. The first kappa shape index (κ1) is 17.5. The Morgan fingerprint density at radius 1 is 1.36 bits per heavy atom. The molecular formula is C15H20N6O3S. The predicted molar refractivity (Wildman–Crippen MR) is 94.1 cm³/mol. The molecule has 0 unspecified atom stereocenters. The minimum atomic E-state index is -0.754. The van der Waals surface area contributed by atoms with Gasteiger partial charge in [-0.25, -0.2) is 9.78 Å². The number of thioether (sulfide) groups is 1. The van der Waals surface area contributed by atoms with Gasteiger partial charge in [0, 0.05) is 11.5 Å². The highest BCUT2D eigenvalue weighted by Crippen LogP contribution is 2.35. The highest BCUT2D eigenvalue weighted by molar-refractivity contribution is 7.99. The molecule has 0 radical (unpaired) electrons. The van der Waals surface area contributed by atoms with E-state index in [4.69, 9.17) is 5.73 Å². The van der Waals surface area contributed by atoms with Crippen LogP contribution in [0.4, 0.5) is 5.82 Å². The Labute approximate surface area is 147 Å². The number of nitrogens with zero attached hydrogens (tertiary/aromatic N) is 3. The van der Waals surface area contributed by atoms with Crippen LogP contribution >= 0.6 is 11.8 Å². The number of rotatable bonds is 5. The zero-order chi connectivity index (χ0) is 18.4. The molecule has 4 N–H and O–H groups in total. The van der Waals surface area contributed by atoms with Crippen molar-refractivity contribution in [3.8, 4) is 0 Å². The summed E-state index contributed by atoms with van der Waals surface area (Å²) < 4.78 is 1.30. The molecular weight excluding hydrogens is 344 g/mol. The molecule has 10 heteroatoms. The van der Waals surface area contributed by atoms with Crippen molar-refractivity contribution in [2.45, 2.75) is 50.2 Å². The molecule has 1 aliphatic carbocycles. The van der Waals surface area contributed by atoms with Gasteiger partial charge < -0.3 is 5.73 Å². The van der Waals surface area contributed by atoms with Crippen LogP contribution in [0.3, 0.4) is 0 Å². The number of hydrogen-bond donors (Lipinski definition) is 3. The lowest BCUT2D eigenvalue weighted by Gasteiger charge is -2.12. The van der Waals surface area contributed by atoms with E-state index in [9.17, 15) is 14.4 Å². The van der Waals surface area contributed by atoms with E-state index in [2.05, 4.69) is 20.2 Å². The van der Waals surface area contributed by atoms with Crippen molar-refractivity contribution in [1.82, 2.24) is 24.7 Å². The summed E-state index contributed by atoms with van der Waals surface area (Å²) in [6.45, 7) is 5.98. The zero-order valence-electron chi connectivity index (χ0n) is 14.3. The van der Waals surface area contributed by atoms with Crippen molar-refractivity contribution in [3.63, 3.8) is 0 Å². The maximum absolute atomic E-state index is 12.5. The molecule has 1 saturated carbocycles. The number of anilines is 1. The van der Waals surface area contributed by atoms with Crippen molar-refractivity contribution in [2.24, 2.45) is 0 Å². The first-order valence-corrected chi connectivity index (χ1v) is 8.90. The monoisotopic (exact) mass is 364 g/mol. The molecule has 1 aliphatic rings. The number of hydrogen-bond acceptors (Lipinski definition) is 7. The second-order valence-corrected chi connectivity index (χ2v) is 7.99. The Bertz CT molecular complexity index is 932. The molecule has 2 aromatic heterocycles. The first-order valence-electron chi connectivity index (χ1n) is 7.91.